The van der Waals surface area contributed by atoms with E-state index in [1.54, 1.807) is 6.33 Å². The van der Waals surface area contributed by atoms with Crippen molar-refractivity contribution in [2.45, 2.75) is 19.5 Å². The van der Waals surface area contributed by atoms with Crippen LogP contribution in [0.25, 0.3) is 0 Å². The summed E-state index contributed by atoms with van der Waals surface area (Å²) in [5, 5.41) is 12.0. The normalized spacial score (nSPS) is 21.2. The molecule has 1 aliphatic heterocycles. The lowest BCUT2D eigenvalue weighted by molar-refractivity contribution is 0.0688. The number of carbonyl (C=O) groups is 1. The van der Waals surface area contributed by atoms with Crippen LogP contribution in [0.2, 0.25) is 0 Å². The van der Waals surface area contributed by atoms with E-state index in [-0.39, 0.29) is 11.7 Å². The number of aromatic nitrogens is 2. The van der Waals surface area contributed by atoms with Gasteiger partial charge in [0, 0.05) is 19.1 Å². The van der Waals surface area contributed by atoms with E-state index in [0.29, 0.717) is 0 Å². The van der Waals surface area contributed by atoms with Crippen LogP contribution in [-0.2, 0) is 6.54 Å². The van der Waals surface area contributed by atoms with Gasteiger partial charge in [0.05, 0.1) is 12.0 Å². The SMILES string of the molecule is CC1NCCn2cnc(C(=O)O)c21. The maximum Gasteiger partial charge on any atom is 0.356 e. The Bertz CT molecular complexity index is 345. The number of nitrogens with one attached hydrogen (secondary N) is 1. The number of fused-ring (bicyclic) bond motifs is 1. The number of carboxylic acids is 1. The van der Waals surface area contributed by atoms with Crippen LogP contribution < -0.4 is 5.32 Å². The lowest BCUT2D eigenvalue weighted by Gasteiger charge is -2.22. The van der Waals surface area contributed by atoms with Crippen LogP contribution in [0.15, 0.2) is 6.33 Å². The van der Waals surface area contributed by atoms with Crippen molar-refractivity contribution >= 4 is 5.97 Å². The Morgan fingerprint density at radius 3 is 3.31 bits per heavy atom. The smallest absolute Gasteiger partial charge is 0.356 e. The fraction of sp³-hybridized carbons (Fsp3) is 0.500. The molecular formula is C8H11N3O2. The molecule has 1 aliphatic rings. The van der Waals surface area contributed by atoms with Crippen molar-refractivity contribution < 1.29 is 9.90 Å². The molecule has 0 fully saturated rings. The molecule has 0 saturated carbocycles. The molecule has 1 atom stereocenters. The Hall–Kier alpha value is -1.36. The molecule has 5 heteroatoms. The Kier molecular flexibility index (Phi) is 1.81. The molecule has 0 aromatic carbocycles. The summed E-state index contributed by atoms with van der Waals surface area (Å²) < 4.78 is 1.89. The molecule has 2 heterocycles. The largest absolute Gasteiger partial charge is 0.476 e. The van der Waals surface area contributed by atoms with Crippen molar-refractivity contribution in [1.29, 1.82) is 0 Å². The summed E-state index contributed by atoms with van der Waals surface area (Å²) in [5.74, 6) is -0.954. The summed E-state index contributed by atoms with van der Waals surface area (Å²) in [5.41, 5.74) is 0.943. The maximum atomic E-state index is 10.8. The van der Waals surface area contributed by atoms with Gasteiger partial charge in [-0.1, -0.05) is 0 Å². The molecule has 0 aliphatic carbocycles. The number of carboxylic acid groups (broad SMARTS) is 1. The van der Waals surface area contributed by atoms with Crippen LogP contribution in [0.3, 0.4) is 0 Å². The second kappa shape index (κ2) is 2.85. The third-order valence-corrected chi connectivity index (χ3v) is 2.29. The summed E-state index contributed by atoms with van der Waals surface area (Å²) in [6, 6.07) is 0.0716. The quantitative estimate of drug-likeness (QED) is 0.651. The Morgan fingerprint density at radius 2 is 2.62 bits per heavy atom. The first-order valence-corrected chi connectivity index (χ1v) is 4.22. The highest BCUT2D eigenvalue weighted by molar-refractivity contribution is 5.86. The number of nitrogens with zero attached hydrogens (tertiary/aromatic N) is 2. The highest BCUT2D eigenvalue weighted by Gasteiger charge is 2.24. The van der Waals surface area contributed by atoms with Crippen LogP contribution in [0.5, 0.6) is 0 Å². The molecule has 0 bridgehead atoms. The fourth-order valence-corrected chi connectivity index (χ4v) is 1.69. The Morgan fingerprint density at radius 1 is 1.85 bits per heavy atom. The number of hydrogen-bond acceptors (Lipinski definition) is 3. The first-order valence-electron chi connectivity index (χ1n) is 4.22. The molecule has 0 spiro atoms. The molecule has 70 valence electrons. The Balaban J connectivity index is 2.50. The lowest BCUT2D eigenvalue weighted by atomic mass is 10.1. The second-order valence-corrected chi connectivity index (χ2v) is 3.15. The van der Waals surface area contributed by atoms with Crippen LogP contribution >= 0.6 is 0 Å². The molecule has 0 radical (unpaired) electrons. The maximum absolute atomic E-state index is 10.8. The predicted molar refractivity (Wildman–Crippen MR) is 45.6 cm³/mol. The van der Waals surface area contributed by atoms with Gasteiger partial charge in [-0.3, -0.25) is 0 Å². The molecule has 5 nitrogen and oxygen atoms in total. The van der Waals surface area contributed by atoms with E-state index in [1.807, 2.05) is 11.5 Å². The van der Waals surface area contributed by atoms with Gasteiger partial charge in [-0.15, -0.1) is 0 Å². The topological polar surface area (TPSA) is 67.2 Å². The fourth-order valence-electron chi connectivity index (χ4n) is 1.69. The zero-order valence-electron chi connectivity index (χ0n) is 7.32. The first kappa shape index (κ1) is 8.25. The van der Waals surface area contributed by atoms with E-state index in [1.165, 1.54) is 0 Å². The van der Waals surface area contributed by atoms with Gasteiger partial charge in [0.2, 0.25) is 0 Å². The van der Waals surface area contributed by atoms with Crippen molar-refractivity contribution in [3.8, 4) is 0 Å². The molecule has 1 aromatic heterocycles. The van der Waals surface area contributed by atoms with Gasteiger partial charge in [0.1, 0.15) is 0 Å². The molecule has 1 aromatic rings. The molecule has 13 heavy (non-hydrogen) atoms. The van der Waals surface area contributed by atoms with Crippen molar-refractivity contribution in [1.82, 2.24) is 14.9 Å². The molecule has 0 saturated heterocycles. The van der Waals surface area contributed by atoms with Gasteiger partial charge >= 0.3 is 5.97 Å². The highest BCUT2D eigenvalue weighted by atomic mass is 16.4. The average Bonchev–Trinajstić information content (AvgIpc) is 2.49. The van der Waals surface area contributed by atoms with Crippen LogP contribution in [0.4, 0.5) is 0 Å². The number of aromatic carboxylic acids is 1. The lowest BCUT2D eigenvalue weighted by Crippen LogP contribution is -2.32. The van der Waals surface area contributed by atoms with E-state index in [4.69, 9.17) is 5.11 Å². The van der Waals surface area contributed by atoms with Gasteiger partial charge in [-0.25, -0.2) is 9.78 Å². The van der Waals surface area contributed by atoms with Crippen molar-refractivity contribution in [2.75, 3.05) is 6.54 Å². The number of imidazole rings is 1. The van der Waals surface area contributed by atoms with Gasteiger partial charge in [0.15, 0.2) is 5.69 Å². The van der Waals surface area contributed by atoms with Gasteiger partial charge < -0.3 is 15.0 Å². The van der Waals surface area contributed by atoms with E-state index < -0.39 is 5.97 Å². The minimum atomic E-state index is -0.954. The summed E-state index contributed by atoms with van der Waals surface area (Å²) in [6.45, 7) is 3.60. The van der Waals surface area contributed by atoms with Crippen LogP contribution in [-0.4, -0.2) is 27.2 Å². The zero-order valence-corrected chi connectivity index (χ0v) is 7.32. The minimum absolute atomic E-state index is 0.0716. The molecule has 2 N–H and O–H groups in total. The third-order valence-electron chi connectivity index (χ3n) is 2.29. The summed E-state index contributed by atoms with van der Waals surface area (Å²) in [4.78, 5) is 14.6. The van der Waals surface area contributed by atoms with E-state index in [0.717, 1.165) is 18.8 Å². The van der Waals surface area contributed by atoms with E-state index >= 15 is 0 Å². The zero-order chi connectivity index (χ0) is 9.42. The summed E-state index contributed by atoms with van der Waals surface area (Å²) >= 11 is 0. The molecule has 1 unspecified atom stereocenters. The molecule has 0 amide bonds. The van der Waals surface area contributed by atoms with Gasteiger partial charge in [-0.05, 0) is 6.92 Å². The predicted octanol–water partition coefficient (Wildman–Crippen LogP) is 0.246. The third kappa shape index (κ3) is 1.21. The number of rotatable bonds is 1. The highest BCUT2D eigenvalue weighted by Crippen LogP contribution is 2.19. The molecular weight excluding hydrogens is 170 g/mol. The minimum Gasteiger partial charge on any atom is -0.476 e. The average molecular weight is 181 g/mol. The first-order chi connectivity index (χ1) is 6.20. The van der Waals surface area contributed by atoms with Crippen molar-refractivity contribution in [3.63, 3.8) is 0 Å². The van der Waals surface area contributed by atoms with E-state index in [2.05, 4.69) is 10.3 Å². The van der Waals surface area contributed by atoms with Crippen molar-refractivity contribution in [3.05, 3.63) is 17.7 Å². The standard InChI is InChI=1S/C8H11N3O2/c1-5-7-6(8(12)13)10-4-11(7)3-2-9-5/h4-5,9H,2-3H2,1H3,(H,12,13). The monoisotopic (exact) mass is 181 g/mol. The second-order valence-electron chi connectivity index (χ2n) is 3.15. The van der Waals surface area contributed by atoms with Gasteiger partial charge in [0.25, 0.3) is 0 Å². The molecule has 2 rings (SSSR count). The summed E-state index contributed by atoms with van der Waals surface area (Å²) in [6.07, 6.45) is 1.59. The Labute approximate surface area is 75.4 Å². The number of hydrogen-bond donors (Lipinski definition) is 2. The van der Waals surface area contributed by atoms with E-state index in [9.17, 15) is 4.79 Å². The van der Waals surface area contributed by atoms with Crippen LogP contribution in [0, 0.1) is 0 Å². The van der Waals surface area contributed by atoms with Crippen LogP contribution in [0.1, 0.15) is 29.1 Å². The summed E-state index contributed by atoms with van der Waals surface area (Å²) in [7, 11) is 0. The van der Waals surface area contributed by atoms with Crippen molar-refractivity contribution in [2.24, 2.45) is 0 Å². The van der Waals surface area contributed by atoms with Gasteiger partial charge in [-0.2, -0.15) is 0 Å².